The Hall–Kier alpha value is -0.900. The molecule has 1 aliphatic rings. The van der Waals surface area contributed by atoms with E-state index < -0.39 is 5.92 Å². The molecule has 1 heterocycles. The van der Waals surface area contributed by atoms with Gasteiger partial charge in [-0.3, -0.25) is 14.5 Å². The largest absolute Gasteiger partial charge is 0.465 e. The third-order valence-electron chi connectivity index (χ3n) is 2.75. The average Bonchev–Trinajstić information content (AvgIpc) is 2.18. The molecule has 0 aromatic rings. The fraction of sp³-hybridized carbons (Fsp3) is 0.818. The summed E-state index contributed by atoms with van der Waals surface area (Å²) >= 11 is 0. The maximum atomic E-state index is 11.6. The minimum absolute atomic E-state index is 0.0188. The minimum Gasteiger partial charge on any atom is -0.465 e. The zero-order chi connectivity index (χ0) is 11.4. The van der Waals surface area contributed by atoms with Gasteiger partial charge < -0.3 is 4.74 Å². The number of nitrogens with zero attached hydrogens (tertiary/aromatic N) is 1. The topological polar surface area (TPSA) is 46.6 Å². The minimum atomic E-state index is -0.568. The van der Waals surface area contributed by atoms with Gasteiger partial charge in [-0.05, 0) is 20.8 Å². The fourth-order valence-corrected chi connectivity index (χ4v) is 1.77. The van der Waals surface area contributed by atoms with Crippen LogP contribution in [0.1, 0.15) is 27.2 Å². The molecule has 15 heavy (non-hydrogen) atoms. The summed E-state index contributed by atoms with van der Waals surface area (Å²) in [5.74, 6) is -0.917. The predicted molar refractivity (Wildman–Crippen MR) is 56.5 cm³/mol. The van der Waals surface area contributed by atoms with Crippen LogP contribution in [0, 0.1) is 5.92 Å². The van der Waals surface area contributed by atoms with Crippen LogP contribution in [-0.4, -0.2) is 42.4 Å². The van der Waals surface area contributed by atoms with Crippen molar-refractivity contribution >= 4 is 11.8 Å². The Kier molecular flexibility index (Phi) is 4.27. The number of ketones is 1. The Balaban J connectivity index is 2.61. The molecule has 0 bridgehead atoms. The lowest BCUT2D eigenvalue weighted by Crippen LogP contribution is -2.47. The summed E-state index contributed by atoms with van der Waals surface area (Å²) in [4.78, 5) is 25.2. The van der Waals surface area contributed by atoms with E-state index in [9.17, 15) is 9.59 Å². The van der Waals surface area contributed by atoms with Gasteiger partial charge in [-0.25, -0.2) is 0 Å². The molecule has 1 rings (SSSR count). The number of piperidine rings is 1. The van der Waals surface area contributed by atoms with E-state index in [2.05, 4.69) is 18.7 Å². The van der Waals surface area contributed by atoms with Gasteiger partial charge in [0.1, 0.15) is 11.7 Å². The molecule has 0 spiro atoms. The van der Waals surface area contributed by atoms with Crippen LogP contribution < -0.4 is 0 Å². The molecule has 0 aromatic carbocycles. The number of likely N-dealkylation sites (tertiary alicyclic amines) is 1. The first-order valence-electron chi connectivity index (χ1n) is 5.49. The molecule has 86 valence electrons. The second kappa shape index (κ2) is 5.26. The number of ether oxygens (including phenoxy) is 1. The van der Waals surface area contributed by atoms with Crippen LogP contribution in [0.15, 0.2) is 0 Å². The lowest BCUT2D eigenvalue weighted by Gasteiger charge is -2.33. The molecule has 1 unspecified atom stereocenters. The Labute approximate surface area is 90.6 Å². The monoisotopic (exact) mass is 213 g/mol. The van der Waals surface area contributed by atoms with Gasteiger partial charge in [0.15, 0.2) is 0 Å². The molecule has 0 saturated carbocycles. The van der Waals surface area contributed by atoms with E-state index in [1.54, 1.807) is 6.92 Å². The molecule has 0 aromatic heterocycles. The van der Waals surface area contributed by atoms with Crippen molar-refractivity contribution in [2.24, 2.45) is 5.92 Å². The summed E-state index contributed by atoms with van der Waals surface area (Å²) in [6.07, 6.45) is 0.460. The van der Waals surface area contributed by atoms with E-state index in [4.69, 9.17) is 4.74 Å². The molecule has 0 aliphatic carbocycles. The van der Waals surface area contributed by atoms with E-state index in [-0.39, 0.29) is 11.8 Å². The summed E-state index contributed by atoms with van der Waals surface area (Å²) in [5, 5.41) is 0. The number of carbonyl (C=O) groups is 2. The molecule has 1 atom stereocenters. The van der Waals surface area contributed by atoms with Crippen LogP contribution in [0.25, 0.3) is 0 Å². The summed E-state index contributed by atoms with van der Waals surface area (Å²) < 4.78 is 4.89. The first kappa shape index (κ1) is 12.2. The first-order chi connectivity index (χ1) is 7.06. The highest BCUT2D eigenvalue weighted by Gasteiger charge is 2.34. The lowest BCUT2D eigenvalue weighted by atomic mass is 9.95. The fourth-order valence-electron chi connectivity index (χ4n) is 1.77. The van der Waals surface area contributed by atoms with E-state index in [1.807, 2.05) is 0 Å². The van der Waals surface area contributed by atoms with Gasteiger partial charge in [0, 0.05) is 25.6 Å². The number of hydrogen-bond acceptors (Lipinski definition) is 4. The van der Waals surface area contributed by atoms with Gasteiger partial charge in [-0.15, -0.1) is 0 Å². The molecular weight excluding hydrogens is 194 g/mol. The van der Waals surface area contributed by atoms with Crippen molar-refractivity contribution in [3.8, 4) is 0 Å². The zero-order valence-electron chi connectivity index (χ0n) is 9.66. The molecule has 0 radical (unpaired) electrons. The Bertz CT molecular complexity index is 250. The summed E-state index contributed by atoms with van der Waals surface area (Å²) in [7, 11) is 0. The molecule has 4 nitrogen and oxygen atoms in total. The number of hydrogen-bond donors (Lipinski definition) is 0. The van der Waals surface area contributed by atoms with E-state index in [1.165, 1.54) is 0 Å². The number of Topliss-reactive ketones (excluding diaryl/α,β-unsaturated/α-hetero) is 1. The first-order valence-corrected chi connectivity index (χ1v) is 5.49. The van der Waals surface area contributed by atoms with Crippen LogP contribution in [0.3, 0.4) is 0 Å². The highest BCUT2D eigenvalue weighted by molar-refractivity contribution is 5.99. The standard InChI is InChI=1S/C11H19NO3/c1-4-15-11(14)9-7-12(8(2)3)6-5-10(9)13/h8-9H,4-7H2,1-3H3. The molecule has 1 aliphatic heterocycles. The van der Waals surface area contributed by atoms with E-state index >= 15 is 0 Å². The maximum Gasteiger partial charge on any atom is 0.317 e. The van der Waals surface area contributed by atoms with Crippen molar-refractivity contribution < 1.29 is 14.3 Å². The average molecular weight is 213 g/mol. The molecule has 0 amide bonds. The van der Waals surface area contributed by atoms with Gasteiger partial charge in [0.25, 0.3) is 0 Å². The summed E-state index contributed by atoms with van der Waals surface area (Å²) in [6.45, 7) is 7.49. The third kappa shape index (κ3) is 3.02. The maximum absolute atomic E-state index is 11.6. The van der Waals surface area contributed by atoms with Gasteiger partial charge in [0.05, 0.1) is 6.61 Å². The smallest absolute Gasteiger partial charge is 0.317 e. The highest BCUT2D eigenvalue weighted by atomic mass is 16.5. The van der Waals surface area contributed by atoms with Crippen LogP contribution in [-0.2, 0) is 14.3 Å². The molecule has 4 heteroatoms. The van der Waals surface area contributed by atoms with Gasteiger partial charge in [0.2, 0.25) is 0 Å². The zero-order valence-corrected chi connectivity index (χ0v) is 9.66. The van der Waals surface area contributed by atoms with Crippen LogP contribution in [0.2, 0.25) is 0 Å². The number of rotatable bonds is 3. The van der Waals surface area contributed by atoms with Crippen molar-refractivity contribution in [2.75, 3.05) is 19.7 Å². The molecule has 0 N–H and O–H groups in total. The van der Waals surface area contributed by atoms with Crippen molar-refractivity contribution in [2.45, 2.75) is 33.2 Å². The van der Waals surface area contributed by atoms with E-state index in [0.717, 1.165) is 6.54 Å². The van der Waals surface area contributed by atoms with Gasteiger partial charge >= 0.3 is 5.97 Å². The second-order valence-corrected chi connectivity index (χ2v) is 4.11. The molecular formula is C11H19NO3. The van der Waals surface area contributed by atoms with Crippen LogP contribution >= 0.6 is 0 Å². The van der Waals surface area contributed by atoms with Crippen molar-refractivity contribution in [3.63, 3.8) is 0 Å². The van der Waals surface area contributed by atoms with Crippen LogP contribution in [0.4, 0.5) is 0 Å². The van der Waals surface area contributed by atoms with Crippen molar-refractivity contribution in [3.05, 3.63) is 0 Å². The number of carbonyl (C=O) groups excluding carboxylic acids is 2. The van der Waals surface area contributed by atoms with Gasteiger partial charge in [-0.1, -0.05) is 0 Å². The lowest BCUT2D eigenvalue weighted by molar-refractivity contribution is -0.154. The second-order valence-electron chi connectivity index (χ2n) is 4.11. The van der Waals surface area contributed by atoms with E-state index in [0.29, 0.717) is 25.6 Å². The third-order valence-corrected chi connectivity index (χ3v) is 2.75. The SMILES string of the molecule is CCOC(=O)C1CN(C(C)C)CCC1=O. The Morgan fingerprint density at radius 1 is 1.60 bits per heavy atom. The van der Waals surface area contributed by atoms with Crippen LogP contribution in [0.5, 0.6) is 0 Å². The van der Waals surface area contributed by atoms with Crippen molar-refractivity contribution in [1.82, 2.24) is 4.90 Å². The summed E-state index contributed by atoms with van der Waals surface area (Å²) in [6, 6.07) is 0.370. The highest BCUT2D eigenvalue weighted by Crippen LogP contribution is 2.16. The summed E-state index contributed by atoms with van der Waals surface area (Å²) in [5.41, 5.74) is 0. The normalized spacial score (nSPS) is 23.2. The quantitative estimate of drug-likeness (QED) is 0.515. The number of esters is 1. The molecule has 1 fully saturated rings. The Morgan fingerprint density at radius 2 is 2.27 bits per heavy atom. The Morgan fingerprint density at radius 3 is 2.80 bits per heavy atom. The molecule has 1 saturated heterocycles. The van der Waals surface area contributed by atoms with Crippen molar-refractivity contribution in [1.29, 1.82) is 0 Å². The predicted octanol–water partition coefficient (Wildman–Crippen LogP) is 0.849. The van der Waals surface area contributed by atoms with Gasteiger partial charge in [-0.2, -0.15) is 0 Å².